The summed E-state index contributed by atoms with van der Waals surface area (Å²) in [4.78, 5) is 9.90. The number of hydrogen-bond acceptors (Lipinski definition) is 6. The molecule has 21 heavy (non-hydrogen) atoms. The van der Waals surface area contributed by atoms with Crippen LogP contribution in [0, 0.1) is 10.1 Å². The first-order valence-corrected chi connectivity index (χ1v) is 7.74. The Morgan fingerprint density at radius 2 is 2.10 bits per heavy atom. The van der Waals surface area contributed by atoms with E-state index < -0.39 is 14.9 Å². The highest BCUT2D eigenvalue weighted by atomic mass is 32.2. The summed E-state index contributed by atoms with van der Waals surface area (Å²) < 4.78 is 31.4. The first-order chi connectivity index (χ1) is 9.75. The van der Waals surface area contributed by atoms with Crippen molar-refractivity contribution in [2.75, 3.05) is 26.0 Å². The van der Waals surface area contributed by atoms with Crippen LogP contribution >= 0.6 is 0 Å². The minimum absolute atomic E-state index is 0.141. The lowest BCUT2D eigenvalue weighted by Gasteiger charge is -2.27. The minimum Gasteiger partial charge on any atom is -0.397 e. The van der Waals surface area contributed by atoms with Crippen molar-refractivity contribution in [2.45, 2.75) is 24.8 Å². The van der Waals surface area contributed by atoms with Crippen molar-refractivity contribution in [3.8, 4) is 0 Å². The summed E-state index contributed by atoms with van der Waals surface area (Å²) in [6.45, 7) is 3.89. The molecule has 0 saturated carbocycles. The first kappa shape index (κ1) is 17.3. The number of nitrogen functional groups attached to an aromatic ring is 1. The van der Waals surface area contributed by atoms with E-state index in [4.69, 9.17) is 10.5 Å². The maximum atomic E-state index is 12.6. The number of nitro benzene ring substituents is 1. The summed E-state index contributed by atoms with van der Waals surface area (Å²) in [6, 6.07) is 2.95. The van der Waals surface area contributed by atoms with Gasteiger partial charge in [-0.15, -0.1) is 0 Å². The van der Waals surface area contributed by atoms with Crippen LogP contribution in [-0.4, -0.2) is 43.9 Å². The summed E-state index contributed by atoms with van der Waals surface area (Å²) in [5.74, 6) is 0. The molecular formula is C12H19N3O5S. The Hall–Kier alpha value is -1.71. The van der Waals surface area contributed by atoms with Gasteiger partial charge in [-0.25, -0.2) is 8.42 Å². The van der Waals surface area contributed by atoms with Crippen molar-refractivity contribution in [1.29, 1.82) is 0 Å². The Balaban J connectivity index is 3.26. The first-order valence-electron chi connectivity index (χ1n) is 6.30. The number of methoxy groups -OCH3 is 1. The molecule has 1 aromatic rings. The van der Waals surface area contributed by atoms with Crippen molar-refractivity contribution in [3.05, 3.63) is 28.3 Å². The van der Waals surface area contributed by atoms with Gasteiger partial charge in [0.15, 0.2) is 0 Å². The molecule has 0 aliphatic heterocycles. The molecule has 1 atom stereocenters. The number of nitrogens with zero attached hydrogens (tertiary/aromatic N) is 2. The Labute approximate surface area is 123 Å². The van der Waals surface area contributed by atoms with Crippen molar-refractivity contribution in [1.82, 2.24) is 4.31 Å². The zero-order valence-electron chi connectivity index (χ0n) is 12.1. The standard InChI is InChI=1S/C12H19N3O5S/c1-4-14(9(2)8-20-3)21(18,19)12-6-5-10(15(16)17)7-11(12)13/h5-7,9H,4,8,13H2,1-3H3. The van der Waals surface area contributed by atoms with Gasteiger partial charge in [0.05, 0.1) is 17.2 Å². The van der Waals surface area contributed by atoms with E-state index in [0.717, 1.165) is 18.2 Å². The zero-order valence-corrected chi connectivity index (χ0v) is 13.0. The largest absolute Gasteiger partial charge is 0.397 e. The second-order valence-corrected chi connectivity index (χ2v) is 6.35. The Bertz CT molecular complexity index is 617. The third kappa shape index (κ3) is 3.69. The SMILES string of the molecule is CCN(C(C)COC)S(=O)(=O)c1ccc([N+](=O)[O-])cc1N. The highest BCUT2D eigenvalue weighted by Crippen LogP contribution is 2.27. The molecule has 118 valence electrons. The van der Waals surface area contributed by atoms with Gasteiger partial charge in [-0.2, -0.15) is 4.31 Å². The van der Waals surface area contributed by atoms with E-state index in [0.29, 0.717) is 0 Å². The summed E-state index contributed by atoms with van der Waals surface area (Å²) >= 11 is 0. The molecular weight excluding hydrogens is 298 g/mol. The number of anilines is 1. The normalized spacial score (nSPS) is 13.3. The van der Waals surface area contributed by atoms with Crippen LogP contribution in [0.4, 0.5) is 11.4 Å². The van der Waals surface area contributed by atoms with Crippen LogP contribution < -0.4 is 5.73 Å². The molecule has 1 aromatic carbocycles. The monoisotopic (exact) mass is 317 g/mol. The molecule has 0 aliphatic carbocycles. The van der Waals surface area contributed by atoms with Crippen molar-refractivity contribution >= 4 is 21.4 Å². The molecule has 0 amide bonds. The van der Waals surface area contributed by atoms with Gasteiger partial charge in [0, 0.05) is 31.8 Å². The maximum Gasteiger partial charge on any atom is 0.271 e. The third-order valence-electron chi connectivity index (χ3n) is 3.00. The molecule has 0 saturated heterocycles. The predicted molar refractivity (Wildman–Crippen MR) is 78.4 cm³/mol. The number of nitrogens with two attached hydrogens (primary N) is 1. The van der Waals surface area contributed by atoms with E-state index in [-0.39, 0.29) is 35.5 Å². The quantitative estimate of drug-likeness (QED) is 0.459. The van der Waals surface area contributed by atoms with Crippen molar-refractivity contribution in [2.24, 2.45) is 0 Å². The van der Waals surface area contributed by atoms with Crippen LogP contribution in [0.1, 0.15) is 13.8 Å². The van der Waals surface area contributed by atoms with Gasteiger partial charge >= 0.3 is 0 Å². The number of ether oxygens (including phenoxy) is 1. The fourth-order valence-electron chi connectivity index (χ4n) is 2.05. The van der Waals surface area contributed by atoms with Gasteiger partial charge in [-0.3, -0.25) is 10.1 Å². The number of non-ortho nitro benzene ring substituents is 1. The number of sulfonamides is 1. The van der Waals surface area contributed by atoms with E-state index >= 15 is 0 Å². The molecule has 0 radical (unpaired) electrons. The fraction of sp³-hybridized carbons (Fsp3) is 0.500. The molecule has 0 spiro atoms. The molecule has 0 aliphatic rings. The lowest BCUT2D eigenvalue weighted by molar-refractivity contribution is -0.384. The average molecular weight is 317 g/mol. The number of rotatable bonds is 7. The molecule has 0 heterocycles. The van der Waals surface area contributed by atoms with E-state index in [9.17, 15) is 18.5 Å². The maximum absolute atomic E-state index is 12.6. The third-order valence-corrected chi connectivity index (χ3v) is 5.17. The van der Waals surface area contributed by atoms with Crippen LogP contribution in [-0.2, 0) is 14.8 Å². The van der Waals surface area contributed by atoms with Gasteiger partial charge in [0.25, 0.3) is 5.69 Å². The summed E-state index contributed by atoms with van der Waals surface area (Å²) in [7, 11) is -2.36. The molecule has 9 heteroatoms. The number of likely N-dealkylation sites (N-methyl/N-ethyl adjacent to an activating group) is 1. The van der Waals surface area contributed by atoms with Gasteiger partial charge < -0.3 is 10.5 Å². The molecule has 2 N–H and O–H groups in total. The summed E-state index contributed by atoms with van der Waals surface area (Å²) in [6.07, 6.45) is 0. The lowest BCUT2D eigenvalue weighted by atomic mass is 10.3. The van der Waals surface area contributed by atoms with Crippen LogP contribution in [0.3, 0.4) is 0 Å². The minimum atomic E-state index is -3.84. The Morgan fingerprint density at radius 3 is 2.52 bits per heavy atom. The number of benzene rings is 1. The second-order valence-electron chi connectivity index (χ2n) is 4.49. The van der Waals surface area contributed by atoms with Gasteiger partial charge in [0.2, 0.25) is 10.0 Å². The molecule has 1 unspecified atom stereocenters. The Kier molecular flexibility index (Phi) is 5.64. The topological polar surface area (TPSA) is 116 Å². The fourth-order valence-corrected chi connectivity index (χ4v) is 3.78. The molecule has 0 bridgehead atoms. The average Bonchev–Trinajstić information content (AvgIpc) is 2.38. The van der Waals surface area contributed by atoms with Gasteiger partial charge in [0.1, 0.15) is 4.90 Å². The van der Waals surface area contributed by atoms with Crippen LogP contribution in [0.5, 0.6) is 0 Å². The highest BCUT2D eigenvalue weighted by molar-refractivity contribution is 7.89. The van der Waals surface area contributed by atoms with E-state index in [1.54, 1.807) is 13.8 Å². The zero-order chi connectivity index (χ0) is 16.2. The lowest BCUT2D eigenvalue weighted by Crippen LogP contribution is -2.41. The Morgan fingerprint density at radius 1 is 1.48 bits per heavy atom. The highest BCUT2D eigenvalue weighted by Gasteiger charge is 2.30. The van der Waals surface area contributed by atoms with Gasteiger partial charge in [-0.1, -0.05) is 6.92 Å². The second kappa shape index (κ2) is 6.83. The predicted octanol–water partition coefficient (Wildman–Crippen LogP) is 1.22. The summed E-state index contributed by atoms with van der Waals surface area (Å²) in [5, 5.41) is 10.7. The van der Waals surface area contributed by atoms with Crippen LogP contribution in [0.25, 0.3) is 0 Å². The number of nitro groups is 1. The van der Waals surface area contributed by atoms with Gasteiger partial charge in [-0.05, 0) is 13.0 Å². The van der Waals surface area contributed by atoms with E-state index in [2.05, 4.69) is 0 Å². The van der Waals surface area contributed by atoms with Crippen LogP contribution in [0.15, 0.2) is 23.1 Å². The molecule has 1 rings (SSSR count). The molecule has 8 nitrogen and oxygen atoms in total. The van der Waals surface area contributed by atoms with Crippen molar-refractivity contribution in [3.63, 3.8) is 0 Å². The van der Waals surface area contributed by atoms with Crippen molar-refractivity contribution < 1.29 is 18.1 Å². The molecule has 0 fully saturated rings. The van der Waals surface area contributed by atoms with E-state index in [1.165, 1.54) is 11.4 Å². The van der Waals surface area contributed by atoms with Crippen LogP contribution in [0.2, 0.25) is 0 Å². The van der Waals surface area contributed by atoms with E-state index in [1.807, 2.05) is 0 Å². The number of hydrogen-bond donors (Lipinski definition) is 1. The molecule has 0 aromatic heterocycles. The smallest absolute Gasteiger partial charge is 0.271 e. The summed E-state index contributed by atoms with van der Waals surface area (Å²) in [5.41, 5.74) is 5.27.